The first-order valence-corrected chi connectivity index (χ1v) is 6.91. The van der Waals surface area contributed by atoms with E-state index in [1.807, 2.05) is 24.3 Å². The van der Waals surface area contributed by atoms with Gasteiger partial charge in [-0.25, -0.2) is 0 Å². The van der Waals surface area contributed by atoms with Gasteiger partial charge in [0.05, 0.1) is 13.0 Å². The molecule has 0 spiro atoms. The predicted octanol–water partition coefficient (Wildman–Crippen LogP) is 1.23. The number of amides is 1. The fourth-order valence-corrected chi connectivity index (χ4v) is 2.39. The lowest BCUT2D eigenvalue weighted by molar-refractivity contribution is -0.120. The third-order valence-corrected chi connectivity index (χ3v) is 3.53. The van der Waals surface area contributed by atoms with Gasteiger partial charge in [-0.15, -0.1) is 0 Å². The lowest BCUT2D eigenvalue weighted by Crippen LogP contribution is -2.34. The molecule has 1 heterocycles. The van der Waals surface area contributed by atoms with E-state index in [0.717, 1.165) is 37.2 Å². The van der Waals surface area contributed by atoms with Crippen molar-refractivity contribution in [2.24, 2.45) is 11.7 Å². The van der Waals surface area contributed by atoms with Crippen LogP contribution in [-0.2, 0) is 22.5 Å². The number of rotatable bonds is 5. The molecule has 0 aromatic heterocycles. The third-order valence-electron chi connectivity index (χ3n) is 3.53. The predicted molar refractivity (Wildman–Crippen MR) is 74.6 cm³/mol. The van der Waals surface area contributed by atoms with Crippen molar-refractivity contribution in [3.05, 3.63) is 35.4 Å². The number of ether oxygens (including phenoxy) is 1. The summed E-state index contributed by atoms with van der Waals surface area (Å²) in [4.78, 5) is 11.9. The molecule has 3 N–H and O–H groups in total. The summed E-state index contributed by atoms with van der Waals surface area (Å²) < 4.78 is 5.40. The molecule has 1 amide bonds. The zero-order valence-corrected chi connectivity index (χ0v) is 11.2. The maximum Gasteiger partial charge on any atom is 0.224 e. The molecule has 19 heavy (non-hydrogen) atoms. The van der Waals surface area contributed by atoms with Crippen molar-refractivity contribution >= 4 is 5.91 Å². The van der Waals surface area contributed by atoms with Crippen LogP contribution in [0, 0.1) is 5.92 Å². The summed E-state index contributed by atoms with van der Waals surface area (Å²) >= 11 is 0. The van der Waals surface area contributed by atoms with Crippen LogP contribution in [0.5, 0.6) is 0 Å². The zero-order chi connectivity index (χ0) is 13.5. The Bertz CT molecular complexity index is 414. The highest BCUT2D eigenvalue weighted by atomic mass is 16.5. The number of benzene rings is 1. The van der Waals surface area contributed by atoms with Crippen LogP contribution in [0.1, 0.15) is 24.0 Å². The van der Waals surface area contributed by atoms with Gasteiger partial charge in [-0.1, -0.05) is 24.3 Å². The Balaban J connectivity index is 1.80. The summed E-state index contributed by atoms with van der Waals surface area (Å²) in [6.45, 7) is 2.80. The molecule has 1 atom stereocenters. The molecule has 1 unspecified atom stereocenters. The van der Waals surface area contributed by atoms with Crippen LogP contribution >= 0.6 is 0 Å². The Kier molecular flexibility index (Phi) is 5.36. The van der Waals surface area contributed by atoms with E-state index in [2.05, 4.69) is 5.32 Å². The van der Waals surface area contributed by atoms with Gasteiger partial charge < -0.3 is 15.8 Å². The topological polar surface area (TPSA) is 64.4 Å². The van der Waals surface area contributed by atoms with Crippen LogP contribution in [0.25, 0.3) is 0 Å². The van der Waals surface area contributed by atoms with Crippen molar-refractivity contribution in [1.82, 2.24) is 5.32 Å². The van der Waals surface area contributed by atoms with Gasteiger partial charge in [0.2, 0.25) is 5.91 Å². The third kappa shape index (κ3) is 4.33. The van der Waals surface area contributed by atoms with Crippen molar-refractivity contribution in [2.75, 3.05) is 19.8 Å². The summed E-state index contributed by atoms with van der Waals surface area (Å²) in [5.74, 6) is 0.522. The first-order chi connectivity index (χ1) is 9.29. The summed E-state index contributed by atoms with van der Waals surface area (Å²) in [6, 6.07) is 7.82. The van der Waals surface area contributed by atoms with Crippen molar-refractivity contribution < 1.29 is 9.53 Å². The summed E-state index contributed by atoms with van der Waals surface area (Å²) in [7, 11) is 0. The van der Waals surface area contributed by atoms with Gasteiger partial charge in [0.1, 0.15) is 0 Å². The Labute approximate surface area is 114 Å². The molecule has 1 aliphatic rings. The van der Waals surface area contributed by atoms with E-state index in [-0.39, 0.29) is 5.91 Å². The van der Waals surface area contributed by atoms with Crippen molar-refractivity contribution in [3.63, 3.8) is 0 Å². The van der Waals surface area contributed by atoms with E-state index < -0.39 is 0 Å². The summed E-state index contributed by atoms with van der Waals surface area (Å²) in [6.07, 6.45) is 2.64. The SMILES string of the molecule is NCc1ccccc1CC(=O)NCC1CCCOC1. The minimum Gasteiger partial charge on any atom is -0.381 e. The Morgan fingerprint density at radius 3 is 2.84 bits per heavy atom. The van der Waals surface area contributed by atoms with Gasteiger partial charge in [0, 0.05) is 19.7 Å². The lowest BCUT2D eigenvalue weighted by Gasteiger charge is -2.22. The number of carbonyl (C=O) groups excluding carboxylic acids is 1. The second-order valence-corrected chi connectivity index (χ2v) is 5.04. The van der Waals surface area contributed by atoms with Crippen LogP contribution in [0.15, 0.2) is 24.3 Å². The van der Waals surface area contributed by atoms with E-state index in [4.69, 9.17) is 10.5 Å². The number of carbonyl (C=O) groups is 1. The average molecular weight is 262 g/mol. The molecule has 0 bridgehead atoms. The fourth-order valence-electron chi connectivity index (χ4n) is 2.39. The normalized spacial score (nSPS) is 19.1. The van der Waals surface area contributed by atoms with Crippen LogP contribution < -0.4 is 11.1 Å². The van der Waals surface area contributed by atoms with Gasteiger partial charge >= 0.3 is 0 Å². The standard InChI is InChI=1S/C15H22N2O2/c16-9-14-6-2-1-5-13(14)8-15(18)17-10-12-4-3-7-19-11-12/h1-2,5-6,12H,3-4,7-11,16H2,(H,17,18). The number of nitrogens with two attached hydrogens (primary N) is 1. The highest BCUT2D eigenvalue weighted by Crippen LogP contribution is 2.12. The van der Waals surface area contributed by atoms with E-state index in [0.29, 0.717) is 25.4 Å². The van der Waals surface area contributed by atoms with Gasteiger partial charge in [-0.05, 0) is 29.9 Å². The molecule has 2 rings (SSSR count). The highest BCUT2D eigenvalue weighted by Gasteiger charge is 2.15. The second kappa shape index (κ2) is 7.26. The highest BCUT2D eigenvalue weighted by molar-refractivity contribution is 5.78. The van der Waals surface area contributed by atoms with E-state index in [1.165, 1.54) is 0 Å². The van der Waals surface area contributed by atoms with Gasteiger partial charge in [0.25, 0.3) is 0 Å². The first-order valence-electron chi connectivity index (χ1n) is 6.91. The molecule has 1 aromatic carbocycles. The summed E-state index contributed by atoms with van der Waals surface area (Å²) in [5, 5.41) is 2.99. The maximum absolute atomic E-state index is 11.9. The van der Waals surface area contributed by atoms with Crippen LogP contribution in [0.2, 0.25) is 0 Å². The smallest absolute Gasteiger partial charge is 0.224 e. The van der Waals surface area contributed by atoms with Gasteiger partial charge in [-0.2, -0.15) is 0 Å². The quantitative estimate of drug-likeness (QED) is 0.839. The van der Waals surface area contributed by atoms with Gasteiger partial charge in [0.15, 0.2) is 0 Å². The van der Waals surface area contributed by atoms with Crippen LogP contribution in [-0.4, -0.2) is 25.7 Å². The number of hydrogen-bond donors (Lipinski definition) is 2. The van der Waals surface area contributed by atoms with Crippen LogP contribution in [0.4, 0.5) is 0 Å². The molecule has 1 aliphatic heterocycles. The minimum absolute atomic E-state index is 0.0615. The average Bonchev–Trinajstić information content (AvgIpc) is 2.47. The molecule has 0 saturated carbocycles. The Hall–Kier alpha value is -1.39. The molecule has 0 radical (unpaired) electrons. The van der Waals surface area contributed by atoms with Crippen molar-refractivity contribution in [2.45, 2.75) is 25.8 Å². The van der Waals surface area contributed by atoms with Crippen molar-refractivity contribution in [3.8, 4) is 0 Å². The largest absolute Gasteiger partial charge is 0.381 e. The minimum atomic E-state index is 0.0615. The first kappa shape index (κ1) is 14.0. The Morgan fingerprint density at radius 1 is 1.37 bits per heavy atom. The monoisotopic (exact) mass is 262 g/mol. The van der Waals surface area contributed by atoms with E-state index in [1.54, 1.807) is 0 Å². The molecule has 4 nitrogen and oxygen atoms in total. The molecule has 104 valence electrons. The lowest BCUT2D eigenvalue weighted by atomic mass is 10.0. The molecule has 1 aromatic rings. The number of hydrogen-bond acceptors (Lipinski definition) is 3. The maximum atomic E-state index is 11.9. The molecule has 0 aliphatic carbocycles. The van der Waals surface area contributed by atoms with E-state index in [9.17, 15) is 4.79 Å². The van der Waals surface area contributed by atoms with E-state index >= 15 is 0 Å². The Morgan fingerprint density at radius 2 is 2.16 bits per heavy atom. The molecular formula is C15H22N2O2. The van der Waals surface area contributed by atoms with Gasteiger partial charge in [-0.3, -0.25) is 4.79 Å². The number of nitrogens with one attached hydrogen (secondary N) is 1. The van der Waals surface area contributed by atoms with Crippen LogP contribution in [0.3, 0.4) is 0 Å². The summed E-state index contributed by atoms with van der Waals surface area (Å²) in [5.41, 5.74) is 7.73. The molecule has 4 heteroatoms. The molecule has 1 fully saturated rings. The molecular weight excluding hydrogens is 240 g/mol. The molecule has 1 saturated heterocycles. The fraction of sp³-hybridized carbons (Fsp3) is 0.533. The second-order valence-electron chi connectivity index (χ2n) is 5.04. The van der Waals surface area contributed by atoms with Crippen molar-refractivity contribution in [1.29, 1.82) is 0 Å². The zero-order valence-electron chi connectivity index (χ0n) is 11.2.